The summed E-state index contributed by atoms with van der Waals surface area (Å²) in [6.45, 7) is 0.546. The second-order valence-corrected chi connectivity index (χ2v) is 8.18. The molecule has 156 valence electrons. The van der Waals surface area contributed by atoms with E-state index in [0.29, 0.717) is 35.5 Å². The number of likely N-dealkylation sites (N-methyl/N-ethyl adjacent to an activating group) is 1. The van der Waals surface area contributed by atoms with Crippen molar-refractivity contribution in [2.75, 3.05) is 13.6 Å². The molecule has 2 amide bonds. The number of nitrogens with one attached hydrogen (secondary N) is 1. The molecule has 1 saturated heterocycles. The number of hydrogen-bond donors (Lipinski definition) is 1. The van der Waals surface area contributed by atoms with Crippen molar-refractivity contribution in [3.8, 4) is 0 Å². The zero-order valence-corrected chi connectivity index (χ0v) is 18.0. The maximum Gasteiger partial charge on any atom is 0.242 e. The van der Waals surface area contributed by atoms with Crippen LogP contribution >= 0.6 is 23.4 Å². The molecule has 0 aromatic heterocycles. The van der Waals surface area contributed by atoms with Crippen LogP contribution in [0.4, 0.5) is 5.69 Å². The third kappa shape index (κ3) is 5.09. The molecule has 1 N–H and O–H groups in total. The molecular formula is C22H22ClN3O3S. The van der Waals surface area contributed by atoms with Crippen LogP contribution < -0.4 is 5.32 Å². The van der Waals surface area contributed by atoms with Crippen molar-refractivity contribution in [2.24, 2.45) is 4.99 Å². The molecule has 0 aliphatic carbocycles. The number of aldehydes is 1. The summed E-state index contributed by atoms with van der Waals surface area (Å²) in [6.07, 6.45) is 2.14. The molecule has 2 atom stereocenters. The third-order valence-electron chi connectivity index (χ3n) is 4.92. The number of carbonyl (C=O) groups excluding carboxylic acids is 3. The Bertz CT molecular complexity index is 952. The highest BCUT2D eigenvalue weighted by Crippen LogP contribution is 2.33. The van der Waals surface area contributed by atoms with Gasteiger partial charge in [-0.2, -0.15) is 0 Å². The van der Waals surface area contributed by atoms with Crippen LogP contribution in [0.5, 0.6) is 0 Å². The van der Waals surface area contributed by atoms with Crippen molar-refractivity contribution in [3.63, 3.8) is 0 Å². The Hall–Kier alpha value is -2.64. The van der Waals surface area contributed by atoms with Gasteiger partial charge < -0.3 is 10.2 Å². The number of likely N-dealkylation sites (tertiary alicyclic amines) is 1. The van der Waals surface area contributed by atoms with Crippen LogP contribution in [-0.2, 0) is 9.59 Å². The number of rotatable bonds is 7. The number of amides is 2. The maximum absolute atomic E-state index is 13.4. The van der Waals surface area contributed by atoms with Gasteiger partial charge >= 0.3 is 0 Å². The molecular weight excluding hydrogens is 422 g/mol. The van der Waals surface area contributed by atoms with E-state index < -0.39 is 11.3 Å². The van der Waals surface area contributed by atoms with E-state index in [1.807, 2.05) is 30.3 Å². The lowest BCUT2D eigenvalue weighted by atomic mass is 10.1. The Kier molecular flexibility index (Phi) is 7.65. The summed E-state index contributed by atoms with van der Waals surface area (Å²) in [4.78, 5) is 42.9. The molecule has 0 bridgehead atoms. The van der Waals surface area contributed by atoms with E-state index in [1.165, 1.54) is 11.8 Å². The average Bonchev–Trinajstić information content (AvgIpc) is 3.27. The monoisotopic (exact) mass is 443 g/mol. The predicted octanol–water partition coefficient (Wildman–Crippen LogP) is 4.02. The number of aliphatic imine (C=N–C) groups is 1. The van der Waals surface area contributed by atoms with E-state index in [1.54, 1.807) is 35.7 Å². The summed E-state index contributed by atoms with van der Waals surface area (Å²) < 4.78 is 0. The minimum absolute atomic E-state index is 0.129. The van der Waals surface area contributed by atoms with Crippen molar-refractivity contribution in [1.82, 2.24) is 10.2 Å². The number of benzene rings is 2. The largest absolute Gasteiger partial charge is 0.357 e. The Morgan fingerprint density at radius 1 is 1.27 bits per heavy atom. The fraction of sp³-hybridized carbons (Fsp3) is 0.273. The molecule has 0 radical (unpaired) electrons. The molecule has 2 aromatic carbocycles. The Balaban J connectivity index is 1.84. The fourth-order valence-corrected chi connectivity index (χ4v) is 4.46. The van der Waals surface area contributed by atoms with Gasteiger partial charge in [0.2, 0.25) is 11.8 Å². The lowest BCUT2D eigenvalue weighted by Crippen LogP contribution is -2.46. The van der Waals surface area contributed by atoms with Gasteiger partial charge in [0.1, 0.15) is 11.3 Å². The van der Waals surface area contributed by atoms with Gasteiger partial charge in [0.25, 0.3) is 0 Å². The summed E-state index contributed by atoms with van der Waals surface area (Å²) in [5, 5.41) is 2.55. The predicted molar refractivity (Wildman–Crippen MR) is 121 cm³/mol. The van der Waals surface area contributed by atoms with Crippen molar-refractivity contribution in [2.45, 2.75) is 24.1 Å². The standard InChI is InChI=1S/C22H22ClN3O3S/c1-24-21(28)19-8-5-11-26(19)22(29)20(15-6-3-2-4-7-15)30-14-25-18-10-9-17(23)12-16(18)13-27/h2-4,6-7,9-10,12-14,19-20H,5,8,11H2,1H3,(H,24,28)/t19-,20?/m1/s1. The van der Waals surface area contributed by atoms with Gasteiger partial charge in [-0.1, -0.05) is 53.7 Å². The smallest absolute Gasteiger partial charge is 0.242 e. The van der Waals surface area contributed by atoms with Crippen LogP contribution in [-0.4, -0.2) is 48.2 Å². The number of carbonyl (C=O) groups is 3. The van der Waals surface area contributed by atoms with Gasteiger partial charge in [-0.05, 0) is 36.6 Å². The first-order chi connectivity index (χ1) is 14.5. The number of nitrogens with zero attached hydrogens (tertiary/aromatic N) is 2. The van der Waals surface area contributed by atoms with Crippen LogP contribution in [0.1, 0.15) is 34.0 Å². The first-order valence-corrected chi connectivity index (χ1v) is 10.9. The lowest BCUT2D eigenvalue weighted by molar-refractivity contribution is -0.137. The highest BCUT2D eigenvalue weighted by Gasteiger charge is 2.37. The number of halogens is 1. The SMILES string of the molecule is CNC(=O)[C@H]1CCCN1C(=O)C(SC=Nc1ccc(Cl)cc1C=O)c1ccccc1. The molecule has 30 heavy (non-hydrogen) atoms. The molecule has 8 heteroatoms. The first kappa shape index (κ1) is 22.1. The molecule has 6 nitrogen and oxygen atoms in total. The topological polar surface area (TPSA) is 78.8 Å². The van der Waals surface area contributed by atoms with Crippen molar-refractivity contribution in [1.29, 1.82) is 0 Å². The van der Waals surface area contributed by atoms with Gasteiger partial charge in [-0.3, -0.25) is 14.4 Å². The van der Waals surface area contributed by atoms with E-state index in [0.717, 1.165) is 12.0 Å². The molecule has 2 aromatic rings. The summed E-state index contributed by atoms with van der Waals surface area (Å²) >= 11 is 7.17. The van der Waals surface area contributed by atoms with E-state index in [9.17, 15) is 14.4 Å². The zero-order valence-electron chi connectivity index (χ0n) is 16.5. The van der Waals surface area contributed by atoms with Crippen molar-refractivity contribution in [3.05, 3.63) is 64.7 Å². The van der Waals surface area contributed by atoms with Crippen molar-refractivity contribution < 1.29 is 14.4 Å². The molecule has 1 fully saturated rings. The molecule has 0 spiro atoms. The quantitative estimate of drug-likeness (QED) is 0.398. The zero-order chi connectivity index (χ0) is 21.5. The maximum atomic E-state index is 13.4. The normalized spacial score (nSPS) is 17.1. The molecule has 1 unspecified atom stereocenters. The lowest BCUT2D eigenvalue weighted by Gasteiger charge is -2.27. The summed E-state index contributed by atoms with van der Waals surface area (Å²) in [6, 6.07) is 13.8. The Labute approximate surface area is 184 Å². The Morgan fingerprint density at radius 2 is 2.03 bits per heavy atom. The highest BCUT2D eigenvalue weighted by molar-refractivity contribution is 8.12. The number of thioether (sulfide) groups is 1. The van der Waals surface area contributed by atoms with Gasteiger partial charge in [-0.15, -0.1) is 0 Å². The van der Waals surface area contributed by atoms with E-state index >= 15 is 0 Å². The van der Waals surface area contributed by atoms with Crippen LogP contribution in [0, 0.1) is 0 Å². The summed E-state index contributed by atoms with van der Waals surface area (Å²) in [5.41, 5.74) is 3.25. The van der Waals surface area contributed by atoms with Gasteiger partial charge in [0.15, 0.2) is 6.29 Å². The summed E-state index contributed by atoms with van der Waals surface area (Å²) in [7, 11) is 1.58. The van der Waals surface area contributed by atoms with Gasteiger partial charge in [0.05, 0.1) is 11.2 Å². The third-order valence-corrected chi connectivity index (χ3v) is 6.13. The summed E-state index contributed by atoms with van der Waals surface area (Å²) in [5.74, 6) is -0.279. The minimum atomic E-state index is -0.549. The highest BCUT2D eigenvalue weighted by atomic mass is 35.5. The van der Waals surface area contributed by atoms with Crippen LogP contribution in [0.3, 0.4) is 0 Å². The second kappa shape index (κ2) is 10.4. The van der Waals surface area contributed by atoms with E-state index in [2.05, 4.69) is 10.3 Å². The van der Waals surface area contributed by atoms with Crippen LogP contribution in [0.25, 0.3) is 0 Å². The van der Waals surface area contributed by atoms with Gasteiger partial charge in [-0.25, -0.2) is 4.99 Å². The molecule has 3 rings (SSSR count). The minimum Gasteiger partial charge on any atom is -0.357 e. The van der Waals surface area contributed by atoms with Crippen molar-refractivity contribution >= 4 is 52.7 Å². The molecule has 0 saturated carbocycles. The fourth-order valence-electron chi connectivity index (χ4n) is 3.41. The second-order valence-electron chi connectivity index (χ2n) is 6.79. The molecule has 1 aliphatic rings. The molecule has 1 aliphatic heterocycles. The first-order valence-electron chi connectivity index (χ1n) is 9.55. The van der Waals surface area contributed by atoms with Gasteiger partial charge in [0, 0.05) is 24.2 Å². The van der Waals surface area contributed by atoms with Crippen LogP contribution in [0.15, 0.2) is 53.5 Å². The molecule has 1 heterocycles. The van der Waals surface area contributed by atoms with E-state index in [4.69, 9.17) is 11.6 Å². The van der Waals surface area contributed by atoms with E-state index in [-0.39, 0.29) is 11.8 Å². The number of hydrogen-bond acceptors (Lipinski definition) is 5. The van der Waals surface area contributed by atoms with Crippen LogP contribution in [0.2, 0.25) is 5.02 Å². The Morgan fingerprint density at radius 3 is 2.73 bits per heavy atom. The average molecular weight is 444 g/mol.